The molecule has 6 rings (SSSR count). The third-order valence-corrected chi connectivity index (χ3v) is 5.54. The van der Waals surface area contributed by atoms with E-state index in [9.17, 15) is 4.39 Å². The van der Waals surface area contributed by atoms with Crippen LogP contribution in [0.5, 0.6) is 5.75 Å². The summed E-state index contributed by atoms with van der Waals surface area (Å²) in [6.07, 6.45) is 3.53. The highest BCUT2D eigenvalue weighted by Gasteiger charge is 2.16. The van der Waals surface area contributed by atoms with Crippen LogP contribution in [-0.4, -0.2) is 37.5 Å². The number of halogens is 1. The highest BCUT2D eigenvalue weighted by atomic mass is 19.1. The minimum Gasteiger partial charge on any atom is -0.497 e. The smallest absolute Gasteiger partial charge is 0.135 e. The first kappa shape index (κ1) is 18.3. The number of aromatic nitrogens is 6. The summed E-state index contributed by atoms with van der Waals surface area (Å²) < 4.78 is 19.4. The molecule has 0 atom stereocenters. The number of hydrogen-bond acceptors (Lipinski definition) is 4. The number of ether oxygens (including phenoxy) is 1. The zero-order valence-electron chi connectivity index (χ0n) is 17.0. The molecule has 4 aromatic heterocycles. The summed E-state index contributed by atoms with van der Waals surface area (Å²) in [6, 6.07) is 16.5. The maximum atomic E-state index is 14.1. The van der Waals surface area contributed by atoms with E-state index in [-0.39, 0.29) is 5.82 Å². The first-order valence-corrected chi connectivity index (χ1v) is 10.0. The van der Waals surface area contributed by atoms with Crippen molar-refractivity contribution >= 4 is 21.9 Å². The van der Waals surface area contributed by atoms with Gasteiger partial charge in [0.15, 0.2) is 0 Å². The molecule has 0 radical (unpaired) electrons. The lowest BCUT2D eigenvalue weighted by Crippen LogP contribution is -1.87. The number of benzene rings is 2. The van der Waals surface area contributed by atoms with Gasteiger partial charge in [0.1, 0.15) is 22.8 Å². The van der Waals surface area contributed by atoms with Crippen molar-refractivity contribution in [2.45, 2.75) is 0 Å². The highest BCUT2D eigenvalue weighted by molar-refractivity contribution is 6.00. The number of methoxy groups -OCH3 is 1. The van der Waals surface area contributed by atoms with Crippen LogP contribution in [0.1, 0.15) is 0 Å². The largest absolute Gasteiger partial charge is 0.497 e. The second-order valence-corrected chi connectivity index (χ2v) is 7.48. The number of nitrogens with zero attached hydrogens (tertiary/aromatic N) is 3. The van der Waals surface area contributed by atoms with E-state index in [2.05, 4.69) is 25.4 Å². The molecule has 0 spiro atoms. The van der Waals surface area contributed by atoms with Crippen molar-refractivity contribution in [1.29, 1.82) is 0 Å². The molecule has 7 nitrogen and oxygen atoms in total. The Hall–Kier alpha value is -4.46. The van der Waals surface area contributed by atoms with Crippen LogP contribution in [0, 0.1) is 5.82 Å². The molecule has 0 amide bonds. The second-order valence-electron chi connectivity index (χ2n) is 7.48. The summed E-state index contributed by atoms with van der Waals surface area (Å²) in [7, 11) is 1.53. The Morgan fingerprint density at radius 3 is 2.75 bits per heavy atom. The van der Waals surface area contributed by atoms with Gasteiger partial charge in [-0.3, -0.25) is 10.2 Å². The van der Waals surface area contributed by atoms with Gasteiger partial charge in [0.05, 0.1) is 30.2 Å². The van der Waals surface area contributed by atoms with Gasteiger partial charge < -0.3 is 9.72 Å². The fourth-order valence-corrected chi connectivity index (χ4v) is 4.01. The van der Waals surface area contributed by atoms with Crippen molar-refractivity contribution in [1.82, 2.24) is 30.4 Å². The standard InChI is InChI=1S/C24H17FN6O/c1-32-16-8-13(7-15(25)9-16)17-3-2-4-20-18(17)10-22(28-20)24-23-21(30-31-24)6-5-19(29-23)14-11-26-27-12-14/h2-12,28H,1H3,(H,26,27)(H,30,31). The molecule has 0 aliphatic rings. The van der Waals surface area contributed by atoms with Gasteiger partial charge >= 0.3 is 0 Å². The van der Waals surface area contributed by atoms with Gasteiger partial charge in [-0.2, -0.15) is 10.2 Å². The van der Waals surface area contributed by atoms with Crippen LogP contribution in [0.4, 0.5) is 4.39 Å². The first-order chi connectivity index (χ1) is 15.7. The van der Waals surface area contributed by atoms with Gasteiger partial charge in [0.25, 0.3) is 0 Å². The molecule has 8 heteroatoms. The lowest BCUT2D eigenvalue weighted by atomic mass is 10.0. The van der Waals surface area contributed by atoms with Gasteiger partial charge in [0, 0.05) is 28.7 Å². The van der Waals surface area contributed by atoms with E-state index in [0.29, 0.717) is 11.4 Å². The number of nitrogens with one attached hydrogen (secondary N) is 3. The van der Waals surface area contributed by atoms with Crippen molar-refractivity contribution < 1.29 is 9.13 Å². The quantitative estimate of drug-likeness (QED) is 0.357. The van der Waals surface area contributed by atoms with Crippen LogP contribution in [0.2, 0.25) is 0 Å². The zero-order chi connectivity index (χ0) is 21.7. The molecule has 32 heavy (non-hydrogen) atoms. The molecule has 3 N–H and O–H groups in total. The number of pyridine rings is 1. The predicted octanol–water partition coefficient (Wildman–Crippen LogP) is 5.31. The molecular weight excluding hydrogens is 407 g/mol. The van der Waals surface area contributed by atoms with Crippen LogP contribution in [0.15, 0.2) is 67.0 Å². The van der Waals surface area contributed by atoms with Crippen molar-refractivity contribution in [3.05, 3.63) is 72.8 Å². The second kappa shape index (κ2) is 7.05. The number of rotatable bonds is 4. The van der Waals surface area contributed by atoms with E-state index in [4.69, 9.17) is 9.72 Å². The van der Waals surface area contributed by atoms with Gasteiger partial charge in [-0.1, -0.05) is 12.1 Å². The Labute approximate surface area is 181 Å². The Bertz CT molecular complexity index is 1580. The normalized spacial score (nSPS) is 11.4. The van der Waals surface area contributed by atoms with E-state index in [1.54, 1.807) is 12.4 Å². The van der Waals surface area contributed by atoms with Gasteiger partial charge in [0.2, 0.25) is 0 Å². The molecule has 0 aliphatic heterocycles. The maximum absolute atomic E-state index is 14.1. The third-order valence-electron chi connectivity index (χ3n) is 5.54. The molecule has 156 valence electrons. The molecular formula is C24H17FN6O. The topological polar surface area (TPSA) is 95.3 Å². The van der Waals surface area contributed by atoms with Crippen molar-refractivity contribution in [2.75, 3.05) is 7.11 Å². The highest BCUT2D eigenvalue weighted by Crippen LogP contribution is 2.35. The van der Waals surface area contributed by atoms with E-state index in [1.165, 1.54) is 19.2 Å². The Balaban J connectivity index is 1.51. The molecule has 0 fully saturated rings. The van der Waals surface area contributed by atoms with Gasteiger partial charge in [-0.25, -0.2) is 9.37 Å². The van der Waals surface area contributed by atoms with Crippen molar-refractivity contribution in [2.24, 2.45) is 0 Å². The van der Waals surface area contributed by atoms with E-state index >= 15 is 0 Å². The third kappa shape index (κ3) is 2.92. The van der Waals surface area contributed by atoms with Crippen LogP contribution in [-0.2, 0) is 0 Å². The average Bonchev–Trinajstić information content (AvgIpc) is 3.56. The van der Waals surface area contributed by atoms with Crippen LogP contribution < -0.4 is 4.74 Å². The maximum Gasteiger partial charge on any atom is 0.135 e. The van der Waals surface area contributed by atoms with Crippen molar-refractivity contribution in [3.63, 3.8) is 0 Å². The molecule has 0 bridgehead atoms. The van der Waals surface area contributed by atoms with Crippen LogP contribution in [0.3, 0.4) is 0 Å². The van der Waals surface area contributed by atoms with E-state index in [1.807, 2.05) is 42.5 Å². The molecule has 6 aromatic rings. The lowest BCUT2D eigenvalue weighted by molar-refractivity contribution is 0.411. The minimum absolute atomic E-state index is 0.346. The summed E-state index contributed by atoms with van der Waals surface area (Å²) in [5.41, 5.74) is 7.38. The lowest BCUT2D eigenvalue weighted by Gasteiger charge is -2.07. The molecule has 0 unspecified atom stereocenters. The van der Waals surface area contributed by atoms with Crippen molar-refractivity contribution in [3.8, 4) is 39.5 Å². The number of H-pyrrole nitrogens is 3. The Morgan fingerprint density at radius 2 is 1.91 bits per heavy atom. The molecule has 0 aliphatic carbocycles. The summed E-state index contributed by atoms with van der Waals surface area (Å²) in [5, 5.41) is 15.3. The fraction of sp³-hybridized carbons (Fsp3) is 0.0417. The van der Waals surface area contributed by atoms with Gasteiger partial charge in [-0.05, 0) is 47.5 Å². The SMILES string of the molecule is COc1cc(F)cc(-c2cccc3[nH]c(-c4n[nH]c5ccc(-c6cn[nH]c6)nc45)cc23)c1. The molecule has 4 heterocycles. The monoisotopic (exact) mass is 424 g/mol. The summed E-state index contributed by atoms with van der Waals surface area (Å²) in [5.74, 6) is 0.128. The Kier molecular flexibility index (Phi) is 4.04. The fourth-order valence-electron chi connectivity index (χ4n) is 4.01. The molecule has 0 saturated heterocycles. The van der Waals surface area contributed by atoms with Gasteiger partial charge in [-0.15, -0.1) is 0 Å². The first-order valence-electron chi connectivity index (χ1n) is 10.0. The Morgan fingerprint density at radius 1 is 0.969 bits per heavy atom. The van der Waals surface area contributed by atoms with E-state index in [0.717, 1.165) is 50.0 Å². The number of aromatic amines is 3. The number of fused-ring (bicyclic) bond motifs is 2. The number of hydrogen-bond donors (Lipinski definition) is 3. The van der Waals surface area contributed by atoms with Crippen LogP contribution >= 0.6 is 0 Å². The van der Waals surface area contributed by atoms with E-state index < -0.39 is 0 Å². The summed E-state index contributed by atoms with van der Waals surface area (Å²) >= 11 is 0. The average molecular weight is 424 g/mol. The summed E-state index contributed by atoms with van der Waals surface area (Å²) in [6.45, 7) is 0. The minimum atomic E-state index is -0.346. The van der Waals surface area contributed by atoms with Crippen LogP contribution in [0.25, 0.3) is 55.7 Å². The molecule has 0 saturated carbocycles. The molecule has 2 aromatic carbocycles. The predicted molar refractivity (Wildman–Crippen MR) is 121 cm³/mol. The zero-order valence-corrected chi connectivity index (χ0v) is 17.0. The summed E-state index contributed by atoms with van der Waals surface area (Å²) in [4.78, 5) is 8.23.